The summed E-state index contributed by atoms with van der Waals surface area (Å²) < 4.78 is 30.7. The first-order chi connectivity index (χ1) is 16.3. The Labute approximate surface area is 192 Å². The van der Waals surface area contributed by atoms with Gasteiger partial charge in [-0.25, -0.2) is 10.3 Å². The molecule has 0 aliphatic heterocycles. The number of benzene rings is 3. The van der Waals surface area contributed by atoms with Crippen molar-refractivity contribution in [2.45, 2.75) is 25.4 Å². The number of rotatable bonds is 7. The van der Waals surface area contributed by atoms with Crippen molar-refractivity contribution < 1.29 is 18.8 Å². The maximum Gasteiger partial charge on any atom is 0.351 e. The van der Waals surface area contributed by atoms with Gasteiger partial charge in [-0.3, -0.25) is 23.9 Å². The number of nitrogens with zero attached hydrogens (tertiary/aromatic N) is 2. The van der Waals surface area contributed by atoms with Crippen LogP contribution in [0.1, 0.15) is 16.7 Å². The average molecular weight is 465 g/mol. The van der Waals surface area contributed by atoms with Crippen molar-refractivity contribution >= 4 is 16.8 Å². The third kappa shape index (κ3) is 4.38. The zero-order chi connectivity index (χ0) is 24.3. The maximum atomic E-state index is 14.0. The lowest BCUT2D eigenvalue weighted by Crippen LogP contribution is -2.40. The number of hydrogen-bond donors (Lipinski definition) is 2. The summed E-state index contributed by atoms with van der Waals surface area (Å²) in [7, 11) is 0. The zero-order valence-corrected chi connectivity index (χ0v) is 17.9. The van der Waals surface area contributed by atoms with Gasteiger partial charge in [0, 0.05) is 12.1 Å². The minimum Gasteiger partial charge on any atom is -0.289 e. The highest BCUT2D eigenvalue weighted by atomic mass is 19.3. The Morgan fingerprint density at radius 1 is 0.853 bits per heavy atom. The van der Waals surface area contributed by atoms with Gasteiger partial charge in [-0.15, -0.1) is 0 Å². The van der Waals surface area contributed by atoms with E-state index < -0.39 is 28.6 Å². The summed E-state index contributed by atoms with van der Waals surface area (Å²) in [6.07, 6.45) is 0.491. The predicted molar refractivity (Wildman–Crippen MR) is 122 cm³/mol. The number of carbonyl (C=O) groups is 1. The summed E-state index contributed by atoms with van der Waals surface area (Å²) in [5.41, 5.74) is 1.39. The van der Waals surface area contributed by atoms with E-state index in [4.69, 9.17) is 5.21 Å². The molecule has 0 atom stereocenters. The van der Waals surface area contributed by atoms with Gasteiger partial charge in [0.15, 0.2) is 0 Å². The topological polar surface area (TPSA) is 93.3 Å². The van der Waals surface area contributed by atoms with Crippen LogP contribution in [0.5, 0.6) is 0 Å². The lowest BCUT2D eigenvalue weighted by molar-refractivity contribution is -0.156. The van der Waals surface area contributed by atoms with E-state index in [1.54, 1.807) is 24.3 Å². The average Bonchev–Trinajstić information content (AvgIpc) is 2.87. The van der Waals surface area contributed by atoms with E-state index in [9.17, 15) is 23.2 Å². The number of nitrogens with one attached hydrogen (secondary N) is 1. The van der Waals surface area contributed by atoms with Gasteiger partial charge in [-0.2, -0.15) is 8.78 Å². The van der Waals surface area contributed by atoms with E-state index in [1.165, 1.54) is 21.3 Å². The second kappa shape index (κ2) is 9.40. The van der Waals surface area contributed by atoms with E-state index in [0.29, 0.717) is 22.9 Å². The highest BCUT2D eigenvalue weighted by Crippen LogP contribution is 2.28. The van der Waals surface area contributed by atoms with Crippen LogP contribution < -0.4 is 16.7 Å². The molecule has 34 heavy (non-hydrogen) atoms. The van der Waals surface area contributed by atoms with Crippen molar-refractivity contribution in [1.82, 2.24) is 14.6 Å². The van der Waals surface area contributed by atoms with E-state index in [-0.39, 0.29) is 13.1 Å². The van der Waals surface area contributed by atoms with Crippen LogP contribution in [-0.2, 0) is 30.2 Å². The first kappa shape index (κ1) is 23.1. The predicted octanol–water partition coefficient (Wildman–Crippen LogP) is 3.05. The molecule has 0 spiro atoms. The van der Waals surface area contributed by atoms with Crippen LogP contribution >= 0.6 is 0 Å². The van der Waals surface area contributed by atoms with Gasteiger partial charge < -0.3 is 0 Å². The second-order valence-corrected chi connectivity index (χ2v) is 7.79. The van der Waals surface area contributed by atoms with E-state index >= 15 is 0 Å². The fraction of sp³-hybridized carbons (Fsp3) is 0.160. The van der Waals surface area contributed by atoms with E-state index in [0.717, 1.165) is 23.2 Å². The summed E-state index contributed by atoms with van der Waals surface area (Å²) in [5, 5.41) is 8.90. The highest BCUT2D eigenvalue weighted by Gasteiger charge is 2.40. The number of fused-ring (bicyclic) bond motifs is 1. The number of aromatic nitrogens is 2. The summed E-state index contributed by atoms with van der Waals surface area (Å²) in [4.78, 5) is 37.6. The Kier molecular flexibility index (Phi) is 6.38. The lowest BCUT2D eigenvalue weighted by atomic mass is 10.1. The molecule has 1 amide bonds. The van der Waals surface area contributed by atoms with Gasteiger partial charge in [-0.05, 0) is 29.7 Å². The highest BCUT2D eigenvalue weighted by molar-refractivity contribution is 5.83. The molecule has 0 bridgehead atoms. The second-order valence-electron chi connectivity index (χ2n) is 7.79. The van der Waals surface area contributed by atoms with Gasteiger partial charge in [0.05, 0.1) is 17.4 Å². The minimum atomic E-state index is -3.92. The van der Waals surface area contributed by atoms with Gasteiger partial charge in [0.25, 0.3) is 5.56 Å². The molecule has 0 fully saturated rings. The van der Waals surface area contributed by atoms with Crippen molar-refractivity contribution in [2.24, 2.45) is 0 Å². The Morgan fingerprint density at radius 2 is 1.50 bits per heavy atom. The Hall–Kier alpha value is -4.11. The first-order valence-corrected chi connectivity index (χ1v) is 10.5. The van der Waals surface area contributed by atoms with Gasteiger partial charge in [-0.1, -0.05) is 66.7 Å². The summed E-state index contributed by atoms with van der Waals surface area (Å²) in [6.45, 7) is 0.219. The van der Waals surface area contributed by atoms with E-state index in [2.05, 4.69) is 0 Å². The largest absolute Gasteiger partial charge is 0.351 e. The number of amides is 1. The van der Waals surface area contributed by atoms with Crippen LogP contribution in [0.3, 0.4) is 0 Å². The molecule has 0 unspecified atom stereocenters. The summed E-state index contributed by atoms with van der Waals surface area (Å²) >= 11 is 0. The molecular formula is C25H21F2N3O4. The molecule has 2 N–H and O–H groups in total. The van der Waals surface area contributed by atoms with Crippen molar-refractivity contribution in [3.05, 3.63) is 116 Å². The Morgan fingerprint density at radius 3 is 2.18 bits per heavy atom. The normalized spacial score (nSPS) is 11.5. The number of para-hydroxylation sites is 1. The van der Waals surface area contributed by atoms with Gasteiger partial charge in [0.1, 0.15) is 0 Å². The standard InChI is InChI=1S/C25H21F2N3O4/c26-25(27,23(32)28-34)19-12-10-18(11-13-19)16-30-21-9-5-4-8-20(21)22(31)29(24(30)33)15-14-17-6-2-1-3-7-17/h1-13,34H,14-16H2,(H,28,32). The molecule has 0 aliphatic carbocycles. The first-order valence-electron chi connectivity index (χ1n) is 10.5. The van der Waals surface area contributed by atoms with Crippen molar-refractivity contribution in [2.75, 3.05) is 0 Å². The summed E-state index contributed by atoms with van der Waals surface area (Å²) in [6, 6.07) is 21.1. The smallest absolute Gasteiger partial charge is 0.289 e. The van der Waals surface area contributed by atoms with Crippen LogP contribution in [0.4, 0.5) is 8.78 Å². The van der Waals surface area contributed by atoms with Crippen molar-refractivity contribution in [1.29, 1.82) is 0 Å². The molecule has 0 aliphatic rings. The number of alkyl halides is 2. The number of carbonyl (C=O) groups excluding carboxylic acids is 1. The molecule has 4 rings (SSSR count). The Balaban J connectivity index is 1.72. The molecule has 3 aromatic carbocycles. The molecule has 1 aromatic heterocycles. The molecule has 0 saturated heterocycles. The molecule has 9 heteroatoms. The van der Waals surface area contributed by atoms with Crippen LogP contribution in [0.15, 0.2) is 88.5 Å². The monoisotopic (exact) mass is 465 g/mol. The number of aryl methyl sites for hydroxylation is 1. The molecule has 174 valence electrons. The maximum absolute atomic E-state index is 14.0. The number of hydrogen-bond acceptors (Lipinski definition) is 4. The summed E-state index contributed by atoms with van der Waals surface area (Å²) in [5.74, 6) is -5.76. The van der Waals surface area contributed by atoms with Crippen LogP contribution in [0.2, 0.25) is 0 Å². The molecule has 0 saturated carbocycles. The lowest BCUT2D eigenvalue weighted by Gasteiger charge is -2.16. The fourth-order valence-electron chi connectivity index (χ4n) is 3.81. The molecular weight excluding hydrogens is 444 g/mol. The Bertz CT molecular complexity index is 1450. The van der Waals surface area contributed by atoms with Crippen LogP contribution in [0, 0.1) is 0 Å². The number of hydroxylamine groups is 1. The number of halogens is 2. The SMILES string of the molecule is O=C(NO)C(F)(F)c1ccc(Cn2c(=O)n(CCc3ccccc3)c(=O)c3ccccc32)cc1. The fourth-order valence-corrected chi connectivity index (χ4v) is 3.81. The molecule has 7 nitrogen and oxygen atoms in total. The molecule has 4 aromatic rings. The van der Waals surface area contributed by atoms with Crippen molar-refractivity contribution in [3.8, 4) is 0 Å². The molecule has 0 radical (unpaired) electrons. The van der Waals surface area contributed by atoms with Gasteiger partial charge >= 0.3 is 17.5 Å². The third-order valence-corrected chi connectivity index (χ3v) is 5.64. The minimum absolute atomic E-state index is 0.0308. The third-order valence-electron chi connectivity index (χ3n) is 5.64. The van der Waals surface area contributed by atoms with E-state index in [1.807, 2.05) is 30.3 Å². The zero-order valence-electron chi connectivity index (χ0n) is 17.9. The quantitative estimate of drug-likeness (QED) is 0.324. The molecule has 1 heterocycles. The van der Waals surface area contributed by atoms with Gasteiger partial charge in [0.2, 0.25) is 0 Å². The van der Waals surface area contributed by atoms with Crippen LogP contribution in [-0.4, -0.2) is 20.2 Å². The van der Waals surface area contributed by atoms with Crippen molar-refractivity contribution in [3.63, 3.8) is 0 Å². The van der Waals surface area contributed by atoms with Crippen LogP contribution in [0.25, 0.3) is 10.9 Å².